The molecule has 0 aromatic heterocycles. The van der Waals surface area contributed by atoms with E-state index in [1.807, 2.05) is 13.8 Å². The highest BCUT2D eigenvalue weighted by molar-refractivity contribution is 7.90. The molecule has 0 spiro atoms. The highest BCUT2D eigenvalue weighted by atomic mass is 32.2. The molecule has 2 rings (SSSR count). The molecule has 0 saturated heterocycles. The van der Waals surface area contributed by atoms with Crippen molar-refractivity contribution in [2.45, 2.75) is 45.8 Å². The predicted octanol–water partition coefficient (Wildman–Crippen LogP) is 2.91. The summed E-state index contributed by atoms with van der Waals surface area (Å²) in [5.74, 6) is -2.31. The summed E-state index contributed by atoms with van der Waals surface area (Å²) in [5.41, 5.74) is 0.240. The van der Waals surface area contributed by atoms with Gasteiger partial charge < -0.3 is 10.2 Å². The molecule has 2 atom stereocenters. The molecule has 192 valence electrons. The Balaban J connectivity index is 2.46. The predicted molar refractivity (Wildman–Crippen MR) is 131 cm³/mol. The summed E-state index contributed by atoms with van der Waals surface area (Å²) in [6, 6.07) is 9.30. The van der Waals surface area contributed by atoms with Crippen LogP contribution in [-0.2, 0) is 26.3 Å². The lowest BCUT2D eigenvalue weighted by Gasteiger charge is -2.33. The largest absolute Gasteiger partial charge is 0.352 e. The summed E-state index contributed by atoms with van der Waals surface area (Å²) in [5, 5.41) is 2.80. The number of amides is 2. The summed E-state index contributed by atoms with van der Waals surface area (Å²) in [4.78, 5) is 27.5. The molecule has 11 heteroatoms. The third-order valence-electron chi connectivity index (χ3n) is 5.60. The molecule has 0 heterocycles. The lowest BCUT2D eigenvalue weighted by molar-refractivity contribution is -0.139. The van der Waals surface area contributed by atoms with Gasteiger partial charge in [0.05, 0.1) is 5.69 Å². The van der Waals surface area contributed by atoms with Crippen LogP contribution in [0.1, 0.15) is 32.8 Å². The Morgan fingerprint density at radius 2 is 1.60 bits per heavy atom. The summed E-state index contributed by atoms with van der Waals surface area (Å²) >= 11 is 0. The van der Waals surface area contributed by atoms with E-state index in [0.717, 1.165) is 25.6 Å². The average Bonchev–Trinajstić information content (AvgIpc) is 2.81. The molecule has 1 N–H and O–H groups in total. The number of nitrogens with zero attached hydrogens (tertiary/aromatic N) is 3. The van der Waals surface area contributed by atoms with Gasteiger partial charge in [-0.2, -0.15) is 12.7 Å². The fraction of sp³-hybridized carbons (Fsp3) is 0.417. The average molecular weight is 511 g/mol. The van der Waals surface area contributed by atoms with E-state index >= 15 is 0 Å². The molecule has 2 amide bonds. The number of hydrogen-bond donors (Lipinski definition) is 1. The lowest BCUT2D eigenvalue weighted by Crippen LogP contribution is -2.53. The van der Waals surface area contributed by atoms with Gasteiger partial charge in [0.1, 0.15) is 24.2 Å². The van der Waals surface area contributed by atoms with Crippen molar-refractivity contribution in [2.24, 2.45) is 0 Å². The van der Waals surface area contributed by atoms with Crippen LogP contribution in [0.2, 0.25) is 0 Å². The Bertz CT molecular complexity index is 1130. The zero-order valence-electron chi connectivity index (χ0n) is 20.5. The molecule has 0 saturated carbocycles. The molecule has 2 aromatic rings. The molecule has 0 unspecified atom stereocenters. The minimum Gasteiger partial charge on any atom is -0.352 e. The topological polar surface area (TPSA) is 90.0 Å². The molecule has 0 aliphatic rings. The Hall–Kier alpha value is -3.05. The van der Waals surface area contributed by atoms with E-state index in [-0.39, 0.29) is 23.8 Å². The van der Waals surface area contributed by atoms with Gasteiger partial charge in [-0.1, -0.05) is 25.1 Å². The maximum absolute atomic E-state index is 14.4. The number of anilines is 1. The maximum Gasteiger partial charge on any atom is 0.304 e. The Labute approximate surface area is 205 Å². The number of carbonyl (C=O) groups excluding carboxylic acids is 2. The van der Waals surface area contributed by atoms with Crippen molar-refractivity contribution in [2.75, 3.05) is 24.9 Å². The van der Waals surface area contributed by atoms with Crippen molar-refractivity contribution in [1.82, 2.24) is 14.5 Å². The van der Waals surface area contributed by atoms with Crippen molar-refractivity contribution < 1.29 is 26.8 Å². The van der Waals surface area contributed by atoms with E-state index in [2.05, 4.69) is 5.32 Å². The lowest BCUT2D eigenvalue weighted by atomic mass is 10.1. The third-order valence-corrected chi connectivity index (χ3v) is 7.42. The number of carbonyl (C=O) groups is 2. The molecule has 8 nitrogen and oxygen atoms in total. The minimum atomic E-state index is -4.16. The second-order valence-corrected chi connectivity index (χ2v) is 10.4. The van der Waals surface area contributed by atoms with Gasteiger partial charge in [-0.05, 0) is 50.6 Å². The second kappa shape index (κ2) is 12.1. The Morgan fingerprint density at radius 1 is 1.00 bits per heavy atom. The van der Waals surface area contributed by atoms with Crippen LogP contribution in [0.15, 0.2) is 48.5 Å². The van der Waals surface area contributed by atoms with Crippen molar-refractivity contribution in [1.29, 1.82) is 0 Å². The number of rotatable bonds is 11. The second-order valence-electron chi connectivity index (χ2n) is 8.38. The number of nitrogens with one attached hydrogen (secondary N) is 1. The summed E-state index contributed by atoms with van der Waals surface area (Å²) in [6.07, 6.45) is 0.666. The van der Waals surface area contributed by atoms with Crippen molar-refractivity contribution >= 4 is 27.7 Å². The summed E-state index contributed by atoms with van der Waals surface area (Å²) in [7, 11) is -1.56. The van der Waals surface area contributed by atoms with Crippen LogP contribution in [0.5, 0.6) is 0 Å². The van der Waals surface area contributed by atoms with E-state index in [1.54, 1.807) is 6.07 Å². The molecule has 0 aliphatic heterocycles. The van der Waals surface area contributed by atoms with E-state index in [0.29, 0.717) is 6.42 Å². The molecule has 2 aromatic carbocycles. The first-order valence-electron chi connectivity index (χ1n) is 11.2. The van der Waals surface area contributed by atoms with Crippen LogP contribution in [-0.4, -0.2) is 62.2 Å². The van der Waals surface area contributed by atoms with Gasteiger partial charge in [0.2, 0.25) is 11.8 Å². The highest BCUT2D eigenvalue weighted by Gasteiger charge is 2.33. The van der Waals surface area contributed by atoms with Crippen LogP contribution in [0.3, 0.4) is 0 Å². The summed E-state index contributed by atoms with van der Waals surface area (Å²) < 4.78 is 55.7. The molecule has 0 aliphatic carbocycles. The Kier molecular flexibility index (Phi) is 9.73. The van der Waals surface area contributed by atoms with Gasteiger partial charge in [-0.3, -0.25) is 9.59 Å². The highest BCUT2D eigenvalue weighted by Crippen LogP contribution is 2.21. The smallest absolute Gasteiger partial charge is 0.304 e. The SMILES string of the molecule is CC[C@@H](C)NC(=O)[C@H](C)N(Cc1ccccc1F)C(=O)CN(c1ccc(F)cc1)S(=O)(=O)N(C)C. The summed E-state index contributed by atoms with van der Waals surface area (Å²) in [6.45, 7) is 4.28. The monoisotopic (exact) mass is 510 g/mol. The van der Waals surface area contributed by atoms with Gasteiger partial charge >= 0.3 is 10.2 Å². The first kappa shape index (κ1) is 28.2. The normalized spacial score (nSPS) is 13.3. The van der Waals surface area contributed by atoms with Crippen molar-refractivity contribution in [3.8, 4) is 0 Å². The molecule has 0 fully saturated rings. The van der Waals surface area contributed by atoms with E-state index in [9.17, 15) is 26.8 Å². The van der Waals surface area contributed by atoms with E-state index in [1.165, 1.54) is 51.4 Å². The minimum absolute atomic E-state index is 0.0657. The fourth-order valence-corrected chi connectivity index (χ4v) is 4.24. The van der Waals surface area contributed by atoms with Crippen LogP contribution >= 0.6 is 0 Å². The molecule has 0 radical (unpaired) electrons. The van der Waals surface area contributed by atoms with Gasteiger partial charge in [0.15, 0.2) is 0 Å². The third kappa shape index (κ3) is 7.22. The molecular weight excluding hydrogens is 478 g/mol. The van der Waals surface area contributed by atoms with Gasteiger partial charge in [0.25, 0.3) is 0 Å². The van der Waals surface area contributed by atoms with Crippen molar-refractivity contribution in [3.05, 3.63) is 65.7 Å². The van der Waals surface area contributed by atoms with Crippen LogP contribution < -0.4 is 9.62 Å². The van der Waals surface area contributed by atoms with Gasteiger partial charge in [-0.15, -0.1) is 0 Å². The molecular formula is C24H32F2N4O4S. The zero-order chi connectivity index (χ0) is 26.3. The standard InChI is InChI=1S/C24H32F2N4O4S/c1-6-17(2)27-24(32)18(3)29(15-19-9-7-8-10-22(19)26)23(31)16-30(35(33,34)28(4)5)21-13-11-20(25)12-14-21/h7-14,17-18H,6,15-16H2,1-5H3,(H,27,32)/t17-,18+/m1/s1. The Morgan fingerprint density at radius 3 is 2.14 bits per heavy atom. The van der Waals surface area contributed by atoms with Crippen LogP contribution in [0, 0.1) is 11.6 Å². The first-order valence-corrected chi connectivity index (χ1v) is 12.6. The maximum atomic E-state index is 14.4. The number of halogens is 2. The first-order chi connectivity index (χ1) is 16.4. The van der Waals surface area contributed by atoms with Crippen molar-refractivity contribution in [3.63, 3.8) is 0 Å². The molecule has 0 bridgehead atoms. The van der Waals surface area contributed by atoms with Crippen LogP contribution in [0.25, 0.3) is 0 Å². The zero-order valence-corrected chi connectivity index (χ0v) is 21.4. The van der Waals surface area contributed by atoms with E-state index < -0.39 is 46.2 Å². The number of benzene rings is 2. The number of hydrogen-bond acceptors (Lipinski definition) is 4. The van der Waals surface area contributed by atoms with Crippen LogP contribution in [0.4, 0.5) is 14.5 Å². The molecule has 35 heavy (non-hydrogen) atoms. The van der Waals surface area contributed by atoms with Gasteiger partial charge in [-0.25, -0.2) is 13.1 Å². The van der Waals surface area contributed by atoms with E-state index in [4.69, 9.17) is 0 Å². The fourth-order valence-electron chi connectivity index (χ4n) is 3.18. The van der Waals surface area contributed by atoms with Gasteiger partial charge in [0, 0.05) is 32.2 Å². The quantitative estimate of drug-likeness (QED) is 0.503.